The fourth-order valence-corrected chi connectivity index (χ4v) is 1.66. The Kier molecular flexibility index (Phi) is 3.55. The van der Waals surface area contributed by atoms with Crippen LogP contribution < -0.4 is 0 Å². The zero-order valence-electron chi connectivity index (χ0n) is 6.20. The molecule has 0 bridgehead atoms. The number of rotatable bonds is 2. The highest BCUT2D eigenvalue weighted by Crippen LogP contribution is 2.31. The first-order chi connectivity index (χ1) is 6.07. The normalized spacial score (nSPS) is 10.9. The Bertz CT molecular complexity index is 319. The predicted octanol–water partition coefficient (Wildman–Crippen LogP) is 3.66. The molecule has 0 aliphatic rings. The lowest BCUT2D eigenvalue weighted by Crippen LogP contribution is -2.00. The van der Waals surface area contributed by atoms with E-state index in [9.17, 15) is 13.2 Å². The molecule has 13 heavy (non-hydrogen) atoms. The van der Waals surface area contributed by atoms with E-state index in [-0.39, 0.29) is 16.0 Å². The number of nitrogens with zero attached hydrogens (tertiary/aromatic N) is 1. The molecule has 0 amide bonds. The molecule has 1 aromatic heterocycles. The van der Waals surface area contributed by atoms with Gasteiger partial charge >= 0.3 is 0 Å². The molecule has 1 rings (SSSR count). The Balaban J connectivity index is 3.35. The number of alkyl halides is 3. The summed E-state index contributed by atoms with van der Waals surface area (Å²) >= 11 is 8.14. The second kappa shape index (κ2) is 4.28. The van der Waals surface area contributed by atoms with Crippen LogP contribution in [0, 0.1) is 5.82 Å². The van der Waals surface area contributed by atoms with Gasteiger partial charge in [0.05, 0.1) is 17.6 Å². The van der Waals surface area contributed by atoms with Crippen molar-refractivity contribution in [3.63, 3.8) is 0 Å². The van der Waals surface area contributed by atoms with E-state index in [1.807, 2.05) is 0 Å². The maximum absolute atomic E-state index is 12.9. The molecular formula is C7H4BrClF3N. The van der Waals surface area contributed by atoms with E-state index >= 15 is 0 Å². The van der Waals surface area contributed by atoms with Gasteiger partial charge in [0.1, 0.15) is 10.4 Å². The van der Waals surface area contributed by atoms with E-state index in [1.165, 1.54) is 0 Å². The highest BCUT2D eigenvalue weighted by molar-refractivity contribution is 9.10. The quantitative estimate of drug-likeness (QED) is 0.592. The van der Waals surface area contributed by atoms with Gasteiger partial charge < -0.3 is 0 Å². The summed E-state index contributed by atoms with van der Waals surface area (Å²) in [6.07, 6.45) is -1.93. The highest BCUT2D eigenvalue weighted by Gasteiger charge is 2.20. The van der Waals surface area contributed by atoms with Crippen molar-refractivity contribution < 1.29 is 13.2 Å². The maximum atomic E-state index is 12.9. The third-order valence-electron chi connectivity index (χ3n) is 1.48. The van der Waals surface area contributed by atoms with Crippen molar-refractivity contribution in [2.75, 3.05) is 0 Å². The molecule has 0 aliphatic heterocycles. The monoisotopic (exact) mass is 273 g/mol. The number of hydrogen-bond acceptors (Lipinski definition) is 1. The zero-order valence-corrected chi connectivity index (χ0v) is 8.54. The van der Waals surface area contributed by atoms with Crippen LogP contribution in [0.1, 0.15) is 17.6 Å². The summed E-state index contributed by atoms with van der Waals surface area (Å²) in [7, 11) is 0. The lowest BCUT2D eigenvalue weighted by molar-refractivity contribution is 0.148. The molecule has 1 nitrogen and oxygen atoms in total. The number of halogens is 5. The fraction of sp³-hybridized carbons (Fsp3) is 0.286. The number of pyridine rings is 1. The van der Waals surface area contributed by atoms with Gasteiger partial charge in [-0.25, -0.2) is 18.2 Å². The predicted molar refractivity (Wildman–Crippen MR) is 46.4 cm³/mol. The fourth-order valence-electron chi connectivity index (χ4n) is 0.872. The van der Waals surface area contributed by atoms with Crippen LogP contribution in [0.15, 0.2) is 10.8 Å². The van der Waals surface area contributed by atoms with E-state index in [4.69, 9.17) is 11.6 Å². The molecular weight excluding hydrogens is 270 g/mol. The van der Waals surface area contributed by atoms with Gasteiger partial charge in [-0.3, -0.25) is 0 Å². The topological polar surface area (TPSA) is 12.9 Å². The van der Waals surface area contributed by atoms with Crippen molar-refractivity contribution in [1.29, 1.82) is 0 Å². The van der Waals surface area contributed by atoms with Crippen LogP contribution in [0.2, 0.25) is 0 Å². The first kappa shape index (κ1) is 10.8. The summed E-state index contributed by atoms with van der Waals surface area (Å²) in [5.74, 6) is -1.11. The summed E-state index contributed by atoms with van der Waals surface area (Å²) in [6.45, 7) is 0. The standard InChI is InChI=1S/C7H4BrClF3N/c8-6-5(7(11)12)3(1-9)4(10)2-13-6/h2,7H,1H2. The molecule has 1 heterocycles. The third-order valence-corrected chi connectivity index (χ3v) is 2.38. The minimum Gasteiger partial charge on any atom is -0.246 e. The molecule has 72 valence electrons. The first-order valence-electron chi connectivity index (χ1n) is 3.24. The van der Waals surface area contributed by atoms with Crippen LogP contribution in [-0.2, 0) is 5.88 Å². The maximum Gasteiger partial charge on any atom is 0.266 e. The Morgan fingerprint density at radius 1 is 1.54 bits per heavy atom. The van der Waals surface area contributed by atoms with Crippen LogP contribution in [0.3, 0.4) is 0 Å². The van der Waals surface area contributed by atoms with Gasteiger partial charge in [-0.1, -0.05) is 0 Å². The van der Waals surface area contributed by atoms with Crippen LogP contribution in [0.5, 0.6) is 0 Å². The van der Waals surface area contributed by atoms with Crippen LogP contribution in [-0.4, -0.2) is 4.98 Å². The van der Waals surface area contributed by atoms with Crippen LogP contribution in [0.4, 0.5) is 13.2 Å². The zero-order chi connectivity index (χ0) is 10.0. The van der Waals surface area contributed by atoms with Gasteiger partial charge in [0, 0.05) is 5.56 Å². The second-order valence-electron chi connectivity index (χ2n) is 2.22. The molecule has 0 atom stereocenters. The van der Waals surface area contributed by atoms with Gasteiger partial charge in [-0.15, -0.1) is 11.6 Å². The minimum atomic E-state index is -2.79. The van der Waals surface area contributed by atoms with Gasteiger partial charge in [0.25, 0.3) is 6.43 Å². The number of hydrogen-bond donors (Lipinski definition) is 0. The van der Waals surface area contributed by atoms with Crippen molar-refractivity contribution in [3.8, 4) is 0 Å². The van der Waals surface area contributed by atoms with Gasteiger partial charge in [-0.05, 0) is 15.9 Å². The van der Waals surface area contributed by atoms with Gasteiger partial charge in [-0.2, -0.15) is 0 Å². The summed E-state index contributed by atoms with van der Waals surface area (Å²) in [4.78, 5) is 3.41. The summed E-state index contributed by atoms with van der Waals surface area (Å²) in [5, 5.41) is 0. The molecule has 0 spiro atoms. The molecule has 0 aliphatic carbocycles. The highest BCUT2D eigenvalue weighted by atomic mass is 79.9. The Hall–Kier alpha value is -0.290. The van der Waals surface area contributed by atoms with Crippen molar-refractivity contribution >= 4 is 27.5 Å². The molecule has 0 radical (unpaired) electrons. The van der Waals surface area contributed by atoms with Gasteiger partial charge in [0.15, 0.2) is 0 Å². The Morgan fingerprint density at radius 2 is 2.15 bits per heavy atom. The van der Waals surface area contributed by atoms with Crippen molar-refractivity contribution in [2.45, 2.75) is 12.3 Å². The van der Waals surface area contributed by atoms with E-state index in [0.29, 0.717) is 0 Å². The van der Waals surface area contributed by atoms with Crippen molar-refractivity contribution in [1.82, 2.24) is 4.98 Å². The van der Waals surface area contributed by atoms with E-state index in [1.54, 1.807) is 0 Å². The largest absolute Gasteiger partial charge is 0.266 e. The molecule has 0 unspecified atom stereocenters. The summed E-state index contributed by atoms with van der Waals surface area (Å²) in [6, 6.07) is 0. The summed E-state index contributed by atoms with van der Waals surface area (Å²) in [5.41, 5.74) is -0.687. The van der Waals surface area contributed by atoms with Gasteiger partial charge in [0.2, 0.25) is 0 Å². The molecule has 1 aromatic rings. The Labute approximate surface area is 86.0 Å². The average molecular weight is 274 g/mol. The molecule has 0 saturated carbocycles. The third kappa shape index (κ3) is 2.14. The first-order valence-corrected chi connectivity index (χ1v) is 4.57. The van der Waals surface area contributed by atoms with E-state index < -0.39 is 17.8 Å². The molecule has 0 N–H and O–H groups in total. The molecule has 0 aromatic carbocycles. The lowest BCUT2D eigenvalue weighted by Gasteiger charge is -2.08. The lowest BCUT2D eigenvalue weighted by atomic mass is 10.1. The second-order valence-corrected chi connectivity index (χ2v) is 3.24. The Morgan fingerprint density at radius 3 is 2.54 bits per heavy atom. The molecule has 6 heteroatoms. The average Bonchev–Trinajstić information content (AvgIpc) is 2.07. The SMILES string of the molecule is Fc1cnc(Br)c(C(F)F)c1CCl. The van der Waals surface area contributed by atoms with Crippen LogP contribution >= 0.6 is 27.5 Å². The summed E-state index contributed by atoms with van der Waals surface area (Å²) < 4.78 is 37.5. The molecule has 0 fully saturated rings. The molecule has 0 saturated heterocycles. The van der Waals surface area contributed by atoms with Crippen molar-refractivity contribution in [3.05, 3.63) is 27.7 Å². The van der Waals surface area contributed by atoms with Crippen LogP contribution in [0.25, 0.3) is 0 Å². The van der Waals surface area contributed by atoms with Crippen molar-refractivity contribution in [2.24, 2.45) is 0 Å². The van der Waals surface area contributed by atoms with E-state index in [0.717, 1.165) is 6.20 Å². The van der Waals surface area contributed by atoms with E-state index in [2.05, 4.69) is 20.9 Å². The number of aromatic nitrogens is 1. The smallest absolute Gasteiger partial charge is 0.246 e. The minimum absolute atomic E-state index is 0.0699.